The lowest BCUT2D eigenvalue weighted by atomic mass is 9.93. The van der Waals surface area contributed by atoms with Crippen LogP contribution in [0.2, 0.25) is 0 Å². The molecule has 3 aromatic heterocycles. The lowest BCUT2D eigenvalue weighted by Crippen LogP contribution is -1.89. The van der Waals surface area contributed by atoms with Gasteiger partial charge in [-0.25, -0.2) is 4.98 Å². The minimum absolute atomic E-state index is 0.757. The van der Waals surface area contributed by atoms with Gasteiger partial charge in [0.05, 0.1) is 5.52 Å². The molecular formula is C20H15N5. The second-order valence-corrected chi connectivity index (χ2v) is 5.87. The van der Waals surface area contributed by atoms with Crippen molar-refractivity contribution in [3.8, 4) is 33.9 Å². The summed E-state index contributed by atoms with van der Waals surface area (Å²) in [6.07, 6.45) is 5.50. The summed E-state index contributed by atoms with van der Waals surface area (Å²) in [5.41, 5.74) is 6.31. The number of fused-ring (bicyclic) bond motifs is 1. The molecule has 0 atom stereocenters. The van der Waals surface area contributed by atoms with Crippen LogP contribution in [0.5, 0.6) is 0 Å². The Bertz CT molecular complexity index is 1120. The molecule has 3 N–H and O–H groups in total. The molecule has 3 heterocycles. The quantitative estimate of drug-likeness (QED) is 0.453. The molecule has 2 aromatic carbocycles. The minimum atomic E-state index is 0.757. The number of aromatic nitrogens is 5. The van der Waals surface area contributed by atoms with Crippen molar-refractivity contribution in [3.05, 3.63) is 73.2 Å². The molecule has 0 bridgehead atoms. The zero-order valence-corrected chi connectivity index (χ0v) is 13.3. The fourth-order valence-corrected chi connectivity index (χ4v) is 3.31. The number of imidazole rings is 1. The van der Waals surface area contributed by atoms with Crippen LogP contribution < -0.4 is 0 Å². The fourth-order valence-electron chi connectivity index (χ4n) is 3.31. The number of hydrogen-bond acceptors (Lipinski definition) is 2. The van der Waals surface area contributed by atoms with Crippen molar-refractivity contribution in [2.45, 2.75) is 0 Å². The normalized spacial score (nSPS) is 11.2. The van der Waals surface area contributed by atoms with Crippen LogP contribution in [0.3, 0.4) is 0 Å². The van der Waals surface area contributed by atoms with Crippen molar-refractivity contribution in [2.75, 3.05) is 0 Å². The molecule has 0 unspecified atom stereocenters. The Balaban J connectivity index is 1.91. The smallest absolute Gasteiger partial charge is 0.158 e. The maximum absolute atomic E-state index is 4.52. The van der Waals surface area contributed by atoms with Crippen molar-refractivity contribution < 1.29 is 0 Å². The lowest BCUT2D eigenvalue weighted by molar-refractivity contribution is 1.10. The van der Waals surface area contributed by atoms with Gasteiger partial charge in [0, 0.05) is 40.8 Å². The summed E-state index contributed by atoms with van der Waals surface area (Å²) in [6, 6.07) is 18.7. The average Bonchev–Trinajstić information content (AvgIpc) is 3.41. The molecule has 0 saturated heterocycles. The Labute approximate surface area is 143 Å². The van der Waals surface area contributed by atoms with Crippen molar-refractivity contribution in [2.24, 2.45) is 0 Å². The van der Waals surface area contributed by atoms with E-state index in [1.807, 2.05) is 24.5 Å². The van der Waals surface area contributed by atoms with Crippen LogP contribution >= 0.6 is 0 Å². The van der Waals surface area contributed by atoms with E-state index in [2.05, 4.69) is 67.6 Å². The number of nitrogens with one attached hydrogen (secondary N) is 3. The molecule has 120 valence electrons. The van der Waals surface area contributed by atoms with Crippen LogP contribution in [0.4, 0.5) is 0 Å². The van der Waals surface area contributed by atoms with Gasteiger partial charge in [-0.05, 0) is 23.8 Å². The van der Waals surface area contributed by atoms with Gasteiger partial charge >= 0.3 is 0 Å². The Kier molecular flexibility index (Phi) is 3.03. The number of nitrogens with zero attached hydrogens (tertiary/aromatic N) is 2. The van der Waals surface area contributed by atoms with E-state index in [-0.39, 0.29) is 0 Å². The molecule has 5 nitrogen and oxygen atoms in total. The molecule has 5 heteroatoms. The highest BCUT2D eigenvalue weighted by Gasteiger charge is 2.19. The molecule has 5 aromatic rings. The van der Waals surface area contributed by atoms with Crippen LogP contribution in [-0.2, 0) is 0 Å². The van der Waals surface area contributed by atoms with E-state index in [9.17, 15) is 0 Å². The molecule has 0 aliphatic carbocycles. The SMILES string of the molecule is c1ccc(-c2c(-c3ccc[nH]3)ccc3[nH]nc(-c4ncc[nH]4)c23)cc1. The number of benzene rings is 2. The predicted octanol–water partition coefficient (Wildman–Crippen LogP) is 4.62. The second kappa shape index (κ2) is 5.49. The van der Waals surface area contributed by atoms with Crippen molar-refractivity contribution in [3.63, 3.8) is 0 Å². The number of aromatic amines is 3. The van der Waals surface area contributed by atoms with Gasteiger partial charge in [-0.15, -0.1) is 0 Å². The van der Waals surface area contributed by atoms with E-state index < -0.39 is 0 Å². The number of H-pyrrole nitrogens is 3. The van der Waals surface area contributed by atoms with Gasteiger partial charge < -0.3 is 9.97 Å². The fraction of sp³-hybridized carbons (Fsp3) is 0. The van der Waals surface area contributed by atoms with E-state index in [0.717, 1.165) is 44.8 Å². The summed E-state index contributed by atoms with van der Waals surface area (Å²) in [5, 5.41) is 8.72. The molecule has 5 rings (SSSR count). The summed E-state index contributed by atoms with van der Waals surface area (Å²) >= 11 is 0. The van der Waals surface area contributed by atoms with Gasteiger partial charge in [-0.3, -0.25) is 5.10 Å². The van der Waals surface area contributed by atoms with Crippen molar-refractivity contribution in [1.29, 1.82) is 0 Å². The molecule has 0 aliphatic heterocycles. The third-order valence-electron chi connectivity index (χ3n) is 4.40. The molecule has 25 heavy (non-hydrogen) atoms. The highest BCUT2D eigenvalue weighted by atomic mass is 15.1. The van der Waals surface area contributed by atoms with Gasteiger partial charge in [0.15, 0.2) is 5.82 Å². The predicted molar refractivity (Wildman–Crippen MR) is 98.9 cm³/mol. The topological polar surface area (TPSA) is 73.2 Å². The highest BCUT2D eigenvalue weighted by Crippen LogP contribution is 2.40. The summed E-state index contributed by atoms with van der Waals surface area (Å²) in [6.45, 7) is 0. The Morgan fingerprint density at radius 2 is 1.72 bits per heavy atom. The maximum Gasteiger partial charge on any atom is 0.158 e. The molecule has 0 amide bonds. The molecule has 0 fully saturated rings. The van der Waals surface area contributed by atoms with Crippen molar-refractivity contribution in [1.82, 2.24) is 25.1 Å². The van der Waals surface area contributed by atoms with E-state index in [4.69, 9.17) is 0 Å². The molecule has 0 saturated carbocycles. The van der Waals surface area contributed by atoms with Gasteiger partial charge in [0.1, 0.15) is 5.69 Å². The van der Waals surface area contributed by atoms with Crippen LogP contribution in [0.1, 0.15) is 0 Å². The van der Waals surface area contributed by atoms with E-state index >= 15 is 0 Å². The van der Waals surface area contributed by atoms with Gasteiger partial charge in [-0.2, -0.15) is 5.10 Å². The standard InChI is InChI=1S/C20H15N5/c1-2-5-13(6-3-1)17-14(15-7-4-10-21-15)8-9-16-18(17)19(25-24-16)20-22-11-12-23-20/h1-12,21H,(H,22,23)(H,24,25). The summed E-state index contributed by atoms with van der Waals surface area (Å²) < 4.78 is 0. The van der Waals surface area contributed by atoms with Gasteiger partial charge in [0.25, 0.3) is 0 Å². The zero-order valence-electron chi connectivity index (χ0n) is 13.3. The van der Waals surface area contributed by atoms with E-state index in [0.29, 0.717) is 0 Å². The summed E-state index contributed by atoms with van der Waals surface area (Å²) in [4.78, 5) is 10.9. The van der Waals surface area contributed by atoms with Gasteiger partial charge in [0.2, 0.25) is 0 Å². The molecule has 0 radical (unpaired) electrons. The third-order valence-corrected chi connectivity index (χ3v) is 4.40. The monoisotopic (exact) mass is 325 g/mol. The van der Waals surface area contributed by atoms with Crippen LogP contribution in [-0.4, -0.2) is 25.1 Å². The van der Waals surface area contributed by atoms with E-state index in [1.165, 1.54) is 0 Å². The largest absolute Gasteiger partial charge is 0.361 e. The van der Waals surface area contributed by atoms with E-state index in [1.54, 1.807) is 6.20 Å². The first-order valence-electron chi connectivity index (χ1n) is 8.12. The Hall–Kier alpha value is -3.60. The number of rotatable bonds is 3. The first kappa shape index (κ1) is 13.8. The van der Waals surface area contributed by atoms with Crippen LogP contribution in [0.25, 0.3) is 44.8 Å². The average molecular weight is 325 g/mol. The highest BCUT2D eigenvalue weighted by molar-refractivity contribution is 6.08. The Morgan fingerprint density at radius 3 is 2.48 bits per heavy atom. The first-order chi connectivity index (χ1) is 12.4. The van der Waals surface area contributed by atoms with Crippen molar-refractivity contribution >= 4 is 10.9 Å². The van der Waals surface area contributed by atoms with Gasteiger partial charge in [-0.1, -0.05) is 36.4 Å². The minimum Gasteiger partial charge on any atom is -0.361 e. The second-order valence-electron chi connectivity index (χ2n) is 5.87. The first-order valence-corrected chi connectivity index (χ1v) is 8.12. The Morgan fingerprint density at radius 1 is 0.800 bits per heavy atom. The molecule has 0 aliphatic rings. The zero-order chi connectivity index (χ0) is 16.6. The third kappa shape index (κ3) is 2.17. The maximum atomic E-state index is 4.52. The van der Waals surface area contributed by atoms with Crippen LogP contribution in [0, 0.1) is 0 Å². The summed E-state index contributed by atoms with van der Waals surface area (Å²) in [7, 11) is 0. The molecular weight excluding hydrogens is 310 g/mol. The lowest BCUT2D eigenvalue weighted by Gasteiger charge is -2.11. The molecule has 0 spiro atoms. The van der Waals surface area contributed by atoms with Crippen LogP contribution in [0.15, 0.2) is 73.2 Å². The summed E-state index contributed by atoms with van der Waals surface area (Å²) in [5.74, 6) is 0.757. The number of hydrogen-bond donors (Lipinski definition) is 3.